The first-order chi connectivity index (χ1) is 12.1. The van der Waals surface area contributed by atoms with Crippen LogP contribution in [0.5, 0.6) is 5.75 Å². The molecular weight excluding hydrogens is 318 g/mol. The van der Waals surface area contributed by atoms with E-state index in [0.29, 0.717) is 30.0 Å². The molecular formula is C20H23NO4. The molecule has 1 atom stereocenters. The Kier molecular flexibility index (Phi) is 7.01. The lowest BCUT2D eigenvalue weighted by atomic mass is 10.2. The van der Waals surface area contributed by atoms with Crippen LogP contribution < -0.4 is 10.1 Å². The Morgan fingerprint density at radius 1 is 1.00 bits per heavy atom. The van der Waals surface area contributed by atoms with E-state index in [1.165, 1.54) is 0 Å². The van der Waals surface area contributed by atoms with Gasteiger partial charge in [0, 0.05) is 5.69 Å². The highest BCUT2D eigenvalue weighted by molar-refractivity contribution is 5.95. The summed E-state index contributed by atoms with van der Waals surface area (Å²) in [5, 5.41) is 2.81. The van der Waals surface area contributed by atoms with Gasteiger partial charge >= 0.3 is 5.97 Å². The molecule has 5 heteroatoms. The number of anilines is 1. The Bertz CT molecular complexity index is 683. The molecule has 0 saturated heterocycles. The highest BCUT2D eigenvalue weighted by atomic mass is 16.5. The maximum atomic E-state index is 12.4. The van der Waals surface area contributed by atoms with Crippen molar-refractivity contribution in [1.29, 1.82) is 0 Å². The van der Waals surface area contributed by atoms with Crippen LogP contribution in [-0.4, -0.2) is 24.6 Å². The van der Waals surface area contributed by atoms with E-state index in [9.17, 15) is 9.59 Å². The average Bonchev–Trinajstić information content (AvgIpc) is 2.65. The highest BCUT2D eigenvalue weighted by Gasteiger charge is 2.18. The van der Waals surface area contributed by atoms with Crippen LogP contribution in [0.1, 0.15) is 37.0 Å². The van der Waals surface area contributed by atoms with E-state index in [1.807, 2.05) is 44.2 Å². The summed E-state index contributed by atoms with van der Waals surface area (Å²) in [6, 6.07) is 15.8. The minimum atomic E-state index is -0.586. The molecule has 0 aliphatic heterocycles. The number of nitrogens with one attached hydrogen (secondary N) is 1. The molecule has 0 saturated carbocycles. The number of carbonyl (C=O) groups is 2. The minimum absolute atomic E-state index is 0.229. The maximum absolute atomic E-state index is 12.4. The van der Waals surface area contributed by atoms with Crippen LogP contribution in [0.4, 0.5) is 5.69 Å². The predicted octanol–water partition coefficient (Wildman–Crippen LogP) is 4.05. The van der Waals surface area contributed by atoms with E-state index in [1.54, 1.807) is 24.3 Å². The van der Waals surface area contributed by atoms with Gasteiger partial charge in [0.15, 0.2) is 6.10 Å². The molecule has 0 spiro atoms. The second-order valence-electron chi connectivity index (χ2n) is 5.53. The molecule has 2 aromatic rings. The predicted molar refractivity (Wildman–Crippen MR) is 96.8 cm³/mol. The number of hydrogen-bond donors (Lipinski definition) is 1. The lowest BCUT2D eigenvalue weighted by Gasteiger charge is -2.17. The molecule has 2 aromatic carbocycles. The van der Waals surface area contributed by atoms with Crippen LogP contribution in [0.15, 0.2) is 54.6 Å². The first-order valence-corrected chi connectivity index (χ1v) is 8.43. The van der Waals surface area contributed by atoms with E-state index >= 15 is 0 Å². The third-order valence-corrected chi connectivity index (χ3v) is 3.51. The van der Waals surface area contributed by atoms with Gasteiger partial charge in [0.2, 0.25) is 0 Å². The zero-order chi connectivity index (χ0) is 18.1. The monoisotopic (exact) mass is 341 g/mol. The Hall–Kier alpha value is -2.82. The lowest BCUT2D eigenvalue weighted by molar-refractivity contribution is -0.122. The Morgan fingerprint density at radius 3 is 2.28 bits per heavy atom. The van der Waals surface area contributed by atoms with Crippen molar-refractivity contribution >= 4 is 17.6 Å². The average molecular weight is 341 g/mol. The molecule has 0 heterocycles. The summed E-state index contributed by atoms with van der Waals surface area (Å²) < 4.78 is 10.8. The summed E-state index contributed by atoms with van der Waals surface area (Å²) in [6.45, 7) is 4.22. The summed E-state index contributed by atoms with van der Waals surface area (Å²) in [5.74, 6) is 0.0600. The van der Waals surface area contributed by atoms with Gasteiger partial charge in [-0.05, 0) is 49.2 Å². The highest BCUT2D eigenvalue weighted by Crippen LogP contribution is 2.15. The summed E-state index contributed by atoms with van der Waals surface area (Å²) in [6.07, 6.45) is 0.735. The quantitative estimate of drug-likeness (QED) is 0.736. The third kappa shape index (κ3) is 5.64. The number of ether oxygens (including phenoxy) is 2. The second kappa shape index (κ2) is 9.47. The summed E-state index contributed by atoms with van der Waals surface area (Å²) in [4.78, 5) is 24.1. The fourth-order valence-corrected chi connectivity index (χ4v) is 2.18. The van der Waals surface area contributed by atoms with Crippen molar-refractivity contribution in [2.75, 3.05) is 11.9 Å². The fraction of sp³-hybridized carbons (Fsp3) is 0.300. The van der Waals surface area contributed by atoms with Crippen LogP contribution in [0, 0.1) is 0 Å². The van der Waals surface area contributed by atoms with Crippen molar-refractivity contribution < 1.29 is 19.1 Å². The number of para-hydroxylation sites is 1. The van der Waals surface area contributed by atoms with Gasteiger partial charge in [-0.25, -0.2) is 4.79 Å². The normalized spacial score (nSPS) is 11.4. The van der Waals surface area contributed by atoms with Gasteiger partial charge in [-0.15, -0.1) is 0 Å². The van der Waals surface area contributed by atoms with Crippen molar-refractivity contribution in [1.82, 2.24) is 0 Å². The Morgan fingerprint density at radius 2 is 1.68 bits per heavy atom. The van der Waals surface area contributed by atoms with Gasteiger partial charge in [-0.3, -0.25) is 4.79 Å². The van der Waals surface area contributed by atoms with Gasteiger partial charge in [0.1, 0.15) is 5.75 Å². The van der Waals surface area contributed by atoms with Crippen LogP contribution in [0.25, 0.3) is 0 Å². The third-order valence-electron chi connectivity index (χ3n) is 3.51. The topological polar surface area (TPSA) is 64.6 Å². The molecule has 2 rings (SSSR count). The lowest BCUT2D eigenvalue weighted by Crippen LogP contribution is -2.32. The van der Waals surface area contributed by atoms with Gasteiger partial charge in [-0.2, -0.15) is 0 Å². The largest absolute Gasteiger partial charge is 0.481 e. The molecule has 0 radical (unpaired) electrons. The van der Waals surface area contributed by atoms with Gasteiger partial charge in [-0.1, -0.05) is 32.0 Å². The summed E-state index contributed by atoms with van der Waals surface area (Å²) in [5.41, 5.74) is 1.06. The van der Waals surface area contributed by atoms with Crippen molar-refractivity contribution in [2.24, 2.45) is 0 Å². The van der Waals surface area contributed by atoms with Gasteiger partial charge in [0.25, 0.3) is 5.91 Å². The van der Waals surface area contributed by atoms with E-state index in [-0.39, 0.29) is 11.9 Å². The van der Waals surface area contributed by atoms with Crippen LogP contribution >= 0.6 is 0 Å². The van der Waals surface area contributed by atoms with Crippen LogP contribution in [0.2, 0.25) is 0 Å². The summed E-state index contributed by atoms with van der Waals surface area (Å²) >= 11 is 0. The van der Waals surface area contributed by atoms with Gasteiger partial charge in [0.05, 0.1) is 12.2 Å². The van der Waals surface area contributed by atoms with Crippen molar-refractivity contribution in [2.45, 2.75) is 32.8 Å². The molecule has 0 aromatic heterocycles. The molecule has 0 unspecified atom stereocenters. The van der Waals surface area contributed by atoms with Crippen LogP contribution in [-0.2, 0) is 9.53 Å². The maximum Gasteiger partial charge on any atom is 0.338 e. The molecule has 5 nitrogen and oxygen atoms in total. The second-order valence-corrected chi connectivity index (χ2v) is 5.53. The van der Waals surface area contributed by atoms with E-state index in [0.717, 1.165) is 6.42 Å². The van der Waals surface area contributed by atoms with Crippen LogP contribution in [0.3, 0.4) is 0 Å². The smallest absolute Gasteiger partial charge is 0.338 e. The number of hydrogen-bond acceptors (Lipinski definition) is 4. The van der Waals surface area contributed by atoms with E-state index in [2.05, 4.69) is 5.32 Å². The van der Waals surface area contributed by atoms with Crippen molar-refractivity contribution in [3.05, 3.63) is 60.2 Å². The molecule has 1 N–H and O–H groups in total. The fourth-order valence-electron chi connectivity index (χ4n) is 2.18. The summed E-state index contributed by atoms with van der Waals surface area (Å²) in [7, 11) is 0. The first kappa shape index (κ1) is 18.5. The van der Waals surface area contributed by atoms with Gasteiger partial charge < -0.3 is 14.8 Å². The Balaban J connectivity index is 1.95. The number of carbonyl (C=O) groups excluding carboxylic acids is 2. The number of rotatable bonds is 8. The zero-order valence-electron chi connectivity index (χ0n) is 14.5. The molecule has 0 fully saturated rings. The Labute approximate surface area is 148 Å². The standard InChI is InChI=1S/C20H23NO4/c1-3-14-24-20(23)15-10-12-16(13-11-15)21-19(22)18(4-2)25-17-8-6-5-7-9-17/h5-13,18H,3-4,14H2,1-2H3,(H,21,22)/t18-/m1/s1. The zero-order valence-corrected chi connectivity index (χ0v) is 14.5. The number of esters is 1. The van der Waals surface area contributed by atoms with E-state index < -0.39 is 6.10 Å². The number of amides is 1. The molecule has 0 bridgehead atoms. The minimum Gasteiger partial charge on any atom is -0.481 e. The molecule has 132 valence electrons. The molecule has 1 amide bonds. The molecule has 25 heavy (non-hydrogen) atoms. The molecule has 0 aliphatic carbocycles. The van der Waals surface area contributed by atoms with E-state index in [4.69, 9.17) is 9.47 Å². The molecule has 0 aliphatic rings. The van der Waals surface area contributed by atoms with Crippen molar-refractivity contribution in [3.63, 3.8) is 0 Å². The SMILES string of the molecule is CCCOC(=O)c1ccc(NC(=O)[C@@H](CC)Oc2ccccc2)cc1. The number of benzene rings is 2. The van der Waals surface area contributed by atoms with Crippen molar-refractivity contribution in [3.8, 4) is 5.75 Å². The first-order valence-electron chi connectivity index (χ1n) is 8.43.